The van der Waals surface area contributed by atoms with Gasteiger partial charge in [0.25, 0.3) is 0 Å². The highest BCUT2D eigenvalue weighted by Crippen LogP contribution is 2.23. The highest BCUT2D eigenvalue weighted by atomic mass is 32.2. The number of benzene rings is 2. The lowest BCUT2D eigenvalue weighted by molar-refractivity contribution is 0.539. The molecule has 1 atom stereocenters. The van der Waals surface area contributed by atoms with Crippen LogP contribution >= 0.6 is 0 Å². The molecule has 0 aliphatic carbocycles. The Morgan fingerprint density at radius 3 is 2.50 bits per heavy atom. The molecule has 26 heavy (non-hydrogen) atoms. The maximum Gasteiger partial charge on any atom is 0.241 e. The number of aromatic amines is 1. The first-order chi connectivity index (χ1) is 12.4. The number of aryl methyl sites for hydroxylation is 2. The number of rotatable bonds is 6. The van der Waals surface area contributed by atoms with E-state index in [0.29, 0.717) is 17.1 Å². The molecular weight excluding hydrogens is 346 g/mol. The first kappa shape index (κ1) is 18.4. The van der Waals surface area contributed by atoms with Crippen LogP contribution < -0.4 is 4.72 Å². The van der Waals surface area contributed by atoms with Crippen LogP contribution in [0, 0.1) is 13.8 Å². The van der Waals surface area contributed by atoms with Crippen molar-refractivity contribution in [2.45, 2.75) is 38.1 Å². The van der Waals surface area contributed by atoms with E-state index < -0.39 is 16.1 Å². The van der Waals surface area contributed by atoms with Gasteiger partial charge < -0.3 is 4.98 Å². The number of nitrogens with zero attached hydrogens (tertiary/aromatic N) is 1. The molecule has 1 heterocycles. The molecule has 0 radical (unpaired) electrons. The van der Waals surface area contributed by atoms with E-state index in [9.17, 15) is 8.42 Å². The molecule has 136 valence electrons. The topological polar surface area (TPSA) is 74.8 Å². The number of hydrogen-bond donors (Lipinski definition) is 2. The van der Waals surface area contributed by atoms with E-state index in [1.807, 2.05) is 63.2 Å². The Balaban J connectivity index is 1.87. The SMILES string of the molecule is CCC(NS(=O)(=O)c1ccc(C)cc1C)c1ncc(-c2ccccc2)[nH]1. The van der Waals surface area contributed by atoms with Crippen molar-refractivity contribution in [2.24, 2.45) is 0 Å². The van der Waals surface area contributed by atoms with Crippen LogP contribution in [0.25, 0.3) is 11.3 Å². The maximum atomic E-state index is 12.8. The standard InChI is InChI=1S/C20H23N3O2S/c1-4-17(20-21-13-18(22-20)16-8-6-5-7-9-16)23-26(24,25)19-11-10-14(2)12-15(19)3/h5-13,17,23H,4H2,1-3H3,(H,21,22). The smallest absolute Gasteiger partial charge is 0.241 e. The van der Waals surface area contributed by atoms with Crippen LogP contribution in [-0.2, 0) is 10.0 Å². The highest BCUT2D eigenvalue weighted by molar-refractivity contribution is 7.89. The molecule has 0 amide bonds. The van der Waals surface area contributed by atoms with E-state index in [2.05, 4.69) is 14.7 Å². The summed E-state index contributed by atoms with van der Waals surface area (Å²) >= 11 is 0. The van der Waals surface area contributed by atoms with E-state index in [1.165, 1.54) is 0 Å². The summed E-state index contributed by atoms with van der Waals surface area (Å²) in [5.41, 5.74) is 3.65. The van der Waals surface area contributed by atoms with Crippen molar-refractivity contribution in [2.75, 3.05) is 0 Å². The van der Waals surface area contributed by atoms with Crippen LogP contribution in [0.3, 0.4) is 0 Å². The van der Waals surface area contributed by atoms with Crippen LogP contribution in [0.4, 0.5) is 0 Å². The molecule has 2 N–H and O–H groups in total. The van der Waals surface area contributed by atoms with Crippen molar-refractivity contribution >= 4 is 10.0 Å². The Kier molecular flexibility index (Phi) is 5.25. The Hall–Kier alpha value is -2.44. The monoisotopic (exact) mass is 369 g/mol. The van der Waals surface area contributed by atoms with Gasteiger partial charge in [-0.2, -0.15) is 0 Å². The summed E-state index contributed by atoms with van der Waals surface area (Å²) in [6.45, 7) is 5.68. The molecule has 1 aromatic heterocycles. The maximum absolute atomic E-state index is 12.8. The van der Waals surface area contributed by atoms with Gasteiger partial charge in [0.1, 0.15) is 5.82 Å². The van der Waals surface area contributed by atoms with Gasteiger partial charge in [-0.3, -0.25) is 0 Å². The predicted molar refractivity (Wildman–Crippen MR) is 103 cm³/mol. The second-order valence-electron chi connectivity index (χ2n) is 6.40. The van der Waals surface area contributed by atoms with E-state index in [1.54, 1.807) is 12.3 Å². The number of imidazole rings is 1. The third kappa shape index (κ3) is 3.86. The molecule has 3 rings (SSSR count). The van der Waals surface area contributed by atoms with Crippen LogP contribution in [0.2, 0.25) is 0 Å². The molecule has 2 aromatic carbocycles. The fraction of sp³-hybridized carbons (Fsp3) is 0.250. The third-order valence-electron chi connectivity index (χ3n) is 4.34. The van der Waals surface area contributed by atoms with E-state index >= 15 is 0 Å². The van der Waals surface area contributed by atoms with Crippen LogP contribution in [0.15, 0.2) is 59.6 Å². The normalized spacial score (nSPS) is 12.9. The molecule has 0 spiro atoms. The van der Waals surface area contributed by atoms with Crippen molar-refractivity contribution in [3.63, 3.8) is 0 Å². The number of sulfonamides is 1. The van der Waals surface area contributed by atoms with E-state index in [-0.39, 0.29) is 0 Å². The second-order valence-corrected chi connectivity index (χ2v) is 8.08. The Morgan fingerprint density at radius 2 is 1.85 bits per heavy atom. The predicted octanol–water partition coefficient (Wildman–Crippen LogP) is 4.12. The molecule has 0 saturated carbocycles. The number of aromatic nitrogens is 2. The molecule has 0 aliphatic rings. The minimum atomic E-state index is -3.63. The number of hydrogen-bond acceptors (Lipinski definition) is 3. The second kappa shape index (κ2) is 7.43. The fourth-order valence-corrected chi connectivity index (χ4v) is 4.47. The zero-order valence-corrected chi connectivity index (χ0v) is 16.0. The lowest BCUT2D eigenvalue weighted by Gasteiger charge is -2.16. The first-order valence-corrected chi connectivity index (χ1v) is 10.1. The molecule has 6 heteroatoms. The average molecular weight is 369 g/mol. The lowest BCUT2D eigenvalue weighted by Crippen LogP contribution is -2.29. The van der Waals surface area contributed by atoms with E-state index in [4.69, 9.17) is 0 Å². The molecule has 0 aliphatic heterocycles. The van der Waals surface area contributed by atoms with Gasteiger partial charge in [-0.25, -0.2) is 18.1 Å². The van der Waals surface area contributed by atoms with Gasteiger partial charge in [0.05, 0.1) is 22.8 Å². The van der Waals surface area contributed by atoms with Crippen molar-refractivity contribution in [1.29, 1.82) is 0 Å². The quantitative estimate of drug-likeness (QED) is 0.686. The highest BCUT2D eigenvalue weighted by Gasteiger charge is 2.23. The number of nitrogens with one attached hydrogen (secondary N) is 2. The molecular formula is C20H23N3O2S. The van der Waals surface area contributed by atoms with Crippen molar-refractivity contribution < 1.29 is 8.42 Å². The Bertz CT molecular complexity index is 995. The summed E-state index contributed by atoms with van der Waals surface area (Å²) in [6, 6.07) is 14.7. The number of H-pyrrole nitrogens is 1. The molecule has 0 bridgehead atoms. The Morgan fingerprint density at radius 1 is 1.12 bits per heavy atom. The Labute approximate surface area is 154 Å². The molecule has 5 nitrogen and oxygen atoms in total. The lowest BCUT2D eigenvalue weighted by atomic mass is 10.2. The van der Waals surface area contributed by atoms with Crippen LogP contribution in [0.1, 0.15) is 36.3 Å². The van der Waals surface area contributed by atoms with Crippen molar-refractivity contribution in [3.05, 3.63) is 71.7 Å². The molecule has 0 fully saturated rings. The summed E-state index contributed by atoms with van der Waals surface area (Å²) in [5, 5.41) is 0. The summed E-state index contributed by atoms with van der Waals surface area (Å²) < 4.78 is 28.4. The van der Waals surface area contributed by atoms with Crippen LogP contribution in [0.5, 0.6) is 0 Å². The first-order valence-electron chi connectivity index (χ1n) is 8.60. The molecule has 1 unspecified atom stereocenters. The largest absolute Gasteiger partial charge is 0.341 e. The zero-order chi connectivity index (χ0) is 18.7. The van der Waals surface area contributed by atoms with Gasteiger partial charge in [-0.1, -0.05) is 55.0 Å². The van der Waals surface area contributed by atoms with Gasteiger partial charge in [0, 0.05) is 0 Å². The summed E-state index contributed by atoms with van der Waals surface area (Å²) in [6.07, 6.45) is 2.32. The summed E-state index contributed by atoms with van der Waals surface area (Å²) in [4.78, 5) is 7.94. The third-order valence-corrected chi connectivity index (χ3v) is 5.97. The van der Waals surface area contributed by atoms with Gasteiger partial charge in [0.15, 0.2) is 0 Å². The average Bonchev–Trinajstić information content (AvgIpc) is 3.10. The van der Waals surface area contributed by atoms with Crippen molar-refractivity contribution in [1.82, 2.24) is 14.7 Å². The summed E-state index contributed by atoms with van der Waals surface area (Å²) in [5.74, 6) is 0.611. The van der Waals surface area contributed by atoms with Crippen LogP contribution in [-0.4, -0.2) is 18.4 Å². The van der Waals surface area contributed by atoms with Gasteiger partial charge in [-0.15, -0.1) is 0 Å². The zero-order valence-electron chi connectivity index (χ0n) is 15.2. The van der Waals surface area contributed by atoms with Gasteiger partial charge in [0.2, 0.25) is 10.0 Å². The summed E-state index contributed by atoms with van der Waals surface area (Å²) in [7, 11) is -3.63. The molecule has 3 aromatic rings. The minimum absolute atomic E-state index is 0.302. The fourth-order valence-electron chi connectivity index (χ4n) is 2.96. The van der Waals surface area contributed by atoms with Gasteiger partial charge >= 0.3 is 0 Å². The van der Waals surface area contributed by atoms with Crippen molar-refractivity contribution in [3.8, 4) is 11.3 Å². The molecule has 0 saturated heterocycles. The van der Waals surface area contributed by atoms with Gasteiger partial charge in [-0.05, 0) is 37.5 Å². The minimum Gasteiger partial charge on any atom is -0.341 e. The van der Waals surface area contributed by atoms with E-state index in [0.717, 1.165) is 22.4 Å².